The fraction of sp³-hybridized carbons (Fsp3) is 0.250. The third-order valence-corrected chi connectivity index (χ3v) is 2.57. The smallest absolute Gasteiger partial charge is 0.255 e. The van der Waals surface area contributed by atoms with Gasteiger partial charge in [-0.1, -0.05) is 24.9 Å². The lowest BCUT2D eigenvalue weighted by Gasteiger charge is -2.05. The molecule has 1 amide bonds. The summed E-state index contributed by atoms with van der Waals surface area (Å²) in [6, 6.07) is 3.31. The molecule has 0 atom stereocenters. The highest BCUT2D eigenvalue weighted by Crippen LogP contribution is 2.14. The number of aromatic nitrogens is 3. The molecule has 2 rings (SSSR count). The number of halogens is 1. The molecule has 0 radical (unpaired) electrons. The maximum absolute atomic E-state index is 12.0. The highest BCUT2D eigenvalue weighted by atomic mass is 35.5. The Bertz CT molecular complexity index is 539. The van der Waals surface area contributed by atoms with E-state index >= 15 is 0 Å². The molecular formula is C12H13ClN4O. The van der Waals surface area contributed by atoms with Crippen molar-refractivity contribution in [3.05, 3.63) is 40.9 Å². The first kappa shape index (κ1) is 12.6. The van der Waals surface area contributed by atoms with Crippen molar-refractivity contribution in [2.45, 2.75) is 19.8 Å². The number of nitrogens with zero attached hydrogens (tertiary/aromatic N) is 2. The van der Waals surface area contributed by atoms with E-state index in [1.54, 1.807) is 18.3 Å². The number of aromatic amines is 1. The Morgan fingerprint density at radius 2 is 2.33 bits per heavy atom. The number of hydrogen-bond acceptors (Lipinski definition) is 3. The molecule has 0 saturated heterocycles. The molecule has 0 fully saturated rings. The molecule has 2 aromatic heterocycles. The predicted molar refractivity (Wildman–Crippen MR) is 69.8 cm³/mol. The van der Waals surface area contributed by atoms with Gasteiger partial charge < -0.3 is 5.32 Å². The fourth-order valence-corrected chi connectivity index (χ4v) is 1.82. The number of anilines is 1. The Hall–Kier alpha value is -1.88. The number of carbonyl (C=O) groups excluding carboxylic acids is 1. The molecule has 2 aromatic rings. The Balaban J connectivity index is 2.19. The third kappa shape index (κ3) is 3.07. The standard InChI is InChI=1S/C12H13ClN4O/c1-2-3-9-4-8(5-11(13)16-9)12(18)17-10-6-14-15-7-10/h4-7H,2-3H2,1H3,(H,14,15)(H,17,18). The van der Waals surface area contributed by atoms with Crippen molar-refractivity contribution >= 4 is 23.2 Å². The van der Waals surface area contributed by atoms with Gasteiger partial charge in [-0.2, -0.15) is 5.10 Å². The summed E-state index contributed by atoms with van der Waals surface area (Å²) >= 11 is 5.90. The first-order valence-corrected chi connectivity index (χ1v) is 6.03. The second-order valence-corrected chi connectivity index (χ2v) is 4.25. The summed E-state index contributed by atoms with van der Waals surface area (Å²) in [5, 5.41) is 9.43. The highest BCUT2D eigenvalue weighted by Gasteiger charge is 2.09. The molecule has 5 nitrogen and oxygen atoms in total. The molecule has 0 aliphatic carbocycles. The normalized spacial score (nSPS) is 10.3. The second kappa shape index (κ2) is 5.64. The highest BCUT2D eigenvalue weighted by molar-refractivity contribution is 6.29. The summed E-state index contributed by atoms with van der Waals surface area (Å²) in [6.45, 7) is 2.05. The lowest BCUT2D eigenvalue weighted by molar-refractivity contribution is 0.102. The molecule has 2 N–H and O–H groups in total. The van der Waals surface area contributed by atoms with Crippen LogP contribution in [0.3, 0.4) is 0 Å². The molecule has 6 heteroatoms. The van der Waals surface area contributed by atoms with Gasteiger partial charge in [0, 0.05) is 17.5 Å². The molecule has 0 aromatic carbocycles. The van der Waals surface area contributed by atoms with Crippen LogP contribution >= 0.6 is 11.6 Å². The van der Waals surface area contributed by atoms with Crippen molar-refractivity contribution in [2.24, 2.45) is 0 Å². The number of amides is 1. The van der Waals surface area contributed by atoms with E-state index in [9.17, 15) is 4.79 Å². The van der Waals surface area contributed by atoms with E-state index in [1.165, 1.54) is 6.20 Å². The van der Waals surface area contributed by atoms with Gasteiger partial charge in [0.2, 0.25) is 0 Å². The quantitative estimate of drug-likeness (QED) is 0.834. The van der Waals surface area contributed by atoms with Crippen molar-refractivity contribution < 1.29 is 4.79 Å². The molecule has 0 unspecified atom stereocenters. The molecule has 0 bridgehead atoms. The van der Waals surface area contributed by atoms with Crippen LogP contribution in [0, 0.1) is 0 Å². The van der Waals surface area contributed by atoms with Gasteiger partial charge in [0.15, 0.2) is 0 Å². The van der Waals surface area contributed by atoms with Crippen molar-refractivity contribution in [3.63, 3.8) is 0 Å². The number of pyridine rings is 1. The lowest BCUT2D eigenvalue weighted by atomic mass is 10.1. The Morgan fingerprint density at radius 1 is 1.50 bits per heavy atom. The number of H-pyrrole nitrogens is 1. The van der Waals surface area contributed by atoms with Crippen LogP contribution in [0.2, 0.25) is 5.15 Å². The van der Waals surface area contributed by atoms with Crippen LogP contribution in [0.15, 0.2) is 24.5 Å². The average Bonchev–Trinajstić information content (AvgIpc) is 2.81. The first-order valence-electron chi connectivity index (χ1n) is 5.65. The zero-order valence-corrected chi connectivity index (χ0v) is 10.7. The van der Waals surface area contributed by atoms with Gasteiger partial charge in [0.1, 0.15) is 5.15 Å². The Morgan fingerprint density at radius 3 is 3.00 bits per heavy atom. The Labute approximate surface area is 110 Å². The summed E-state index contributed by atoms with van der Waals surface area (Å²) in [6.07, 6.45) is 4.89. The van der Waals surface area contributed by atoms with Gasteiger partial charge in [0.25, 0.3) is 5.91 Å². The predicted octanol–water partition coefficient (Wildman–Crippen LogP) is 2.66. The van der Waals surface area contributed by atoms with E-state index in [-0.39, 0.29) is 5.91 Å². The molecule has 0 spiro atoms. The molecule has 0 saturated carbocycles. The Kier molecular flexibility index (Phi) is 3.94. The van der Waals surface area contributed by atoms with Crippen molar-refractivity contribution in [1.29, 1.82) is 0 Å². The van der Waals surface area contributed by atoms with Crippen LogP contribution in [0.5, 0.6) is 0 Å². The third-order valence-electron chi connectivity index (χ3n) is 2.37. The van der Waals surface area contributed by atoms with Gasteiger partial charge in [-0.25, -0.2) is 4.98 Å². The van der Waals surface area contributed by atoms with Crippen LogP contribution in [-0.4, -0.2) is 21.1 Å². The van der Waals surface area contributed by atoms with Crippen molar-refractivity contribution in [2.75, 3.05) is 5.32 Å². The molecule has 18 heavy (non-hydrogen) atoms. The maximum Gasteiger partial charge on any atom is 0.255 e. The van der Waals surface area contributed by atoms with E-state index in [1.807, 2.05) is 6.92 Å². The first-order chi connectivity index (χ1) is 8.69. The number of hydrogen-bond donors (Lipinski definition) is 2. The summed E-state index contributed by atoms with van der Waals surface area (Å²) in [7, 11) is 0. The number of carbonyl (C=O) groups is 1. The largest absolute Gasteiger partial charge is 0.319 e. The van der Waals surface area contributed by atoms with Crippen molar-refractivity contribution in [1.82, 2.24) is 15.2 Å². The lowest BCUT2D eigenvalue weighted by Crippen LogP contribution is -2.12. The van der Waals surface area contributed by atoms with Gasteiger partial charge in [-0.05, 0) is 18.6 Å². The average molecular weight is 265 g/mol. The number of aryl methyl sites for hydroxylation is 1. The topological polar surface area (TPSA) is 70.7 Å². The van der Waals surface area contributed by atoms with E-state index in [0.29, 0.717) is 16.4 Å². The van der Waals surface area contributed by atoms with Crippen LogP contribution in [-0.2, 0) is 6.42 Å². The van der Waals surface area contributed by atoms with E-state index < -0.39 is 0 Å². The minimum atomic E-state index is -0.224. The van der Waals surface area contributed by atoms with Gasteiger partial charge in [-0.15, -0.1) is 0 Å². The summed E-state index contributed by atoms with van der Waals surface area (Å²) in [5.74, 6) is -0.224. The molecule has 0 aliphatic rings. The minimum Gasteiger partial charge on any atom is -0.319 e. The second-order valence-electron chi connectivity index (χ2n) is 3.86. The molecule has 94 valence electrons. The molecule has 2 heterocycles. The summed E-state index contributed by atoms with van der Waals surface area (Å²) in [4.78, 5) is 16.2. The van der Waals surface area contributed by atoms with Crippen LogP contribution in [0.1, 0.15) is 29.4 Å². The minimum absolute atomic E-state index is 0.224. The van der Waals surface area contributed by atoms with Gasteiger partial charge in [0.05, 0.1) is 11.9 Å². The van der Waals surface area contributed by atoms with Crippen molar-refractivity contribution in [3.8, 4) is 0 Å². The zero-order valence-electron chi connectivity index (χ0n) is 9.90. The van der Waals surface area contributed by atoms with E-state index in [4.69, 9.17) is 11.6 Å². The zero-order chi connectivity index (χ0) is 13.0. The van der Waals surface area contributed by atoms with Crippen LogP contribution in [0.4, 0.5) is 5.69 Å². The number of rotatable bonds is 4. The van der Waals surface area contributed by atoms with Gasteiger partial charge >= 0.3 is 0 Å². The monoisotopic (exact) mass is 264 g/mol. The number of nitrogens with one attached hydrogen (secondary N) is 2. The van der Waals surface area contributed by atoms with Gasteiger partial charge in [-0.3, -0.25) is 9.89 Å². The van der Waals surface area contributed by atoms with Crippen LogP contribution in [0.25, 0.3) is 0 Å². The van der Waals surface area contributed by atoms with E-state index in [2.05, 4.69) is 20.5 Å². The molecular weight excluding hydrogens is 252 g/mol. The summed E-state index contributed by atoms with van der Waals surface area (Å²) < 4.78 is 0. The SMILES string of the molecule is CCCc1cc(C(=O)Nc2cn[nH]c2)cc(Cl)n1. The maximum atomic E-state index is 12.0. The molecule has 0 aliphatic heterocycles. The van der Waals surface area contributed by atoms with E-state index in [0.717, 1.165) is 18.5 Å². The fourth-order valence-electron chi connectivity index (χ4n) is 1.59. The van der Waals surface area contributed by atoms with Crippen LogP contribution < -0.4 is 5.32 Å². The summed E-state index contributed by atoms with van der Waals surface area (Å²) in [5.41, 5.74) is 1.94.